The molecule has 4 aromatic rings. The molecule has 2 aromatic heterocycles. The molecule has 2 heterocycles. The van der Waals surface area contributed by atoms with Crippen LogP contribution >= 0.6 is 23.1 Å². The number of carbonyl (C=O) groups is 1. The fraction of sp³-hybridized carbons (Fsp3) is 0.111. The molecule has 3 N–H and O–H groups in total. The maximum Gasteiger partial charge on any atom is 0.269 e. The third-order valence-corrected chi connectivity index (χ3v) is 6.37. The van der Waals surface area contributed by atoms with Crippen LogP contribution < -0.4 is 14.8 Å². The Morgan fingerprint density at radius 1 is 1.21 bits per heavy atom. The van der Waals surface area contributed by atoms with Crippen LogP contribution in [0.2, 0.25) is 0 Å². The summed E-state index contributed by atoms with van der Waals surface area (Å²) < 4.78 is 11.7. The molecule has 0 aliphatic carbocycles. The number of aromatic nitrogens is 4. The summed E-state index contributed by atoms with van der Waals surface area (Å²) >= 11 is 2.68. The largest absolute Gasteiger partial charge is 0.508 e. The highest BCUT2D eigenvalue weighted by atomic mass is 32.2. The van der Waals surface area contributed by atoms with Gasteiger partial charge in [0.1, 0.15) is 10.6 Å². The smallest absolute Gasteiger partial charge is 0.269 e. The summed E-state index contributed by atoms with van der Waals surface area (Å²) in [5.41, 5.74) is 0. The van der Waals surface area contributed by atoms with Crippen LogP contribution in [0.3, 0.4) is 0 Å². The summed E-state index contributed by atoms with van der Waals surface area (Å²) in [4.78, 5) is 14.9. The number of phenolic OH excluding ortho intramolecular Hbond substituents is 1. The first kappa shape index (κ1) is 19.0. The molecule has 1 amide bonds. The molecule has 9 nitrogen and oxygen atoms in total. The Kier molecular flexibility index (Phi) is 5.23. The van der Waals surface area contributed by atoms with Crippen molar-refractivity contribution >= 4 is 45.0 Å². The molecule has 0 fully saturated rings. The van der Waals surface area contributed by atoms with Gasteiger partial charge in [-0.1, -0.05) is 22.9 Å². The van der Waals surface area contributed by atoms with Gasteiger partial charge in [-0.25, -0.2) is 5.10 Å². The first-order chi connectivity index (χ1) is 14.1. The van der Waals surface area contributed by atoms with Gasteiger partial charge in [-0.3, -0.25) is 10.1 Å². The number of methoxy groups -OCH3 is 2. The minimum absolute atomic E-state index is 0.146. The molecule has 0 unspecified atom stereocenters. The number of aromatic amines is 1. The first-order valence-corrected chi connectivity index (χ1v) is 9.93. The van der Waals surface area contributed by atoms with E-state index in [0.717, 1.165) is 19.9 Å². The molecular formula is C18H15N5O4S2. The number of fused-ring (bicyclic) bond motifs is 1. The number of carbonyl (C=O) groups excluding carboxylic acids is 1. The number of phenols is 1. The zero-order valence-corrected chi connectivity index (χ0v) is 16.9. The van der Waals surface area contributed by atoms with Crippen molar-refractivity contribution in [2.24, 2.45) is 0 Å². The lowest BCUT2D eigenvalue weighted by Gasteiger charge is -2.08. The van der Waals surface area contributed by atoms with E-state index in [4.69, 9.17) is 9.47 Å². The molecule has 0 atom stereocenters. The van der Waals surface area contributed by atoms with Gasteiger partial charge in [-0.15, -0.1) is 11.3 Å². The maximum absolute atomic E-state index is 12.9. The number of aromatic hydroxyl groups is 1. The molecule has 0 aliphatic heterocycles. The highest BCUT2D eigenvalue weighted by Crippen LogP contribution is 2.46. The molecule has 0 saturated carbocycles. The van der Waals surface area contributed by atoms with Gasteiger partial charge in [0.05, 0.1) is 14.2 Å². The van der Waals surface area contributed by atoms with Gasteiger partial charge in [0, 0.05) is 25.9 Å². The van der Waals surface area contributed by atoms with Crippen LogP contribution in [0, 0.1) is 0 Å². The van der Waals surface area contributed by atoms with Crippen molar-refractivity contribution < 1.29 is 19.4 Å². The van der Waals surface area contributed by atoms with Crippen molar-refractivity contribution in [3.8, 4) is 17.2 Å². The molecule has 0 bridgehead atoms. The highest BCUT2D eigenvalue weighted by Gasteiger charge is 2.22. The van der Waals surface area contributed by atoms with Gasteiger partial charge in [0.2, 0.25) is 5.95 Å². The van der Waals surface area contributed by atoms with E-state index in [1.54, 1.807) is 32.4 Å². The van der Waals surface area contributed by atoms with E-state index in [0.29, 0.717) is 16.4 Å². The molecule has 0 spiro atoms. The molecule has 11 heteroatoms. The fourth-order valence-corrected chi connectivity index (χ4v) is 5.04. The average Bonchev–Trinajstić information content (AvgIpc) is 3.35. The minimum atomic E-state index is -0.356. The van der Waals surface area contributed by atoms with Crippen LogP contribution in [0.1, 0.15) is 9.67 Å². The number of H-pyrrole nitrogens is 1. The van der Waals surface area contributed by atoms with Crippen LogP contribution in [0.4, 0.5) is 5.95 Å². The van der Waals surface area contributed by atoms with Crippen LogP contribution in [0.5, 0.6) is 17.2 Å². The van der Waals surface area contributed by atoms with Gasteiger partial charge >= 0.3 is 0 Å². The number of thiophene rings is 1. The quantitative estimate of drug-likeness (QED) is 0.425. The van der Waals surface area contributed by atoms with Crippen LogP contribution in [0.15, 0.2) is 46.2 Å². The minimum Gasteiger partial charge on any atom is -0.508 e. The van der Waals surface area contributed by atoms with Crippen LogP contribution in [-0.4, -0.2) is 45.9 Å². The highest BCUT2D eigenvalue weighted by molar-refractivity contribution is 7.99. The van der Waals surface area contributed by atoms with Crippen molar-refractivity contribution in [3.63, 3.8) is 0 Å². The molecular weight excluding hydrogens is 414 g/mol. The molecule has 29 heavy (non-hydrogen) atoms. The Morgan fingerprint density at radius 2 is 2.00 bits per heavy atom. The first-order valence-electron chi connectivity index (χ1n) is 8.29. The number of tetrazole rings is 1. The van der Waals surface area contributed by atoms with Gasteiger partial charge in [-0.2, -0.15) is 0 Å². The number of benzene rings is 2. The Labute approximate surface area is 173 Å². The normalized spacial score (nSPS) is 10.8. The van der Waals surface area contributed by atoms with E-state index in [2.05, 4.69) is 25.9 Å². The predicted molar refractivity (Wildman–Crippen MR) is 109 cm³/mol. The van der Waals surface area contributed by atoms with E-state index in [1.165, 1.54) is 23.1 Å². The van der Waals surface area contributed by atoms with Gasteiger partial charge < -0.3 is 14.6 Å². The van der Waals surface area contributed by atoms with Crippen LogP contribution in [0.25, 0.3) is 10.1 Å². The summed E-state index contributed by atoms with van der Waals surface area (Å²) in [7, 11) is 3.12. The molecule has 2 aromatic carbocycles. The van der Waals surface area contributed by atoms with Crippen molar-refractivity contribution in [1.29, 1.82) is 0 Å². The van der Waals surface area contributed by atoms with E-state index in [1.807, 2.05) is 18.2 Å². The average molecular weight is 429 g/mol. The topological polar surface area (TPSA) is 122 Å². The van der Waals surface area contributed by atoms with Gasteiger partial charge in [0.15, 0.2) is 11.5 Å². The van der Waals surface area contributed by atoms with Crippen molar-refractivity contribution in [2.75, 3.05) is 19.5 Å². The van der Waals surface area contributed by atoms with E-state index in [9.17, 15) is 9.90 Å². The Hall–Kier alpha value is -3.31. The zero-order chi connectivity index (χ0) is 20.4. The second-order valence-electron chi connectivity index (χ2n) is 5.77. The number of hydrogen-bond acceptors (Lipinski definition) is 9. The summed E-state index contributed by atoms with van der Waals surface area (Å²) in [5, 5.41) is 26.4. The number of nitrogens with zero attached hydrogens (tertiary/aromatic N) is 3. The van der Waals surface area contributed by atoms with E-state index >= 15 is 0 Å². The third kappa shape index (κ3) is 3.82. The SMILES string of the molecule is COc1cc2sc(C(=O)Nc3nnn[nH]3)c(Sc3cccc(O)c3)c2cc1OC. The molecule has 4 rings (SSSR count). The lowest BCUT2D eigenvalue weighted by Crippen LogP contribution is -2.12. The summed E-state index contributed by atoms with van der Waals surface area (Å²) in [6, 6.07) is 10.5. The second-order valence-corrected chi connectivity index (χ2v) is 7.90. The van der Waals surface area contributed by atoms with E-state index in [-0.39, 0.29) is 17.6 Å². The van der Waals surface area contributed by atoms with Gasteiger partial charge in [0.25, 0.3) is 5.91 Å². The monoisotopic (exact) mass is 429 g/mol. The Bertz CT molecular complexity index is 1180. The predicted octanol–water partition coefficient (Wildman–Crippen LogP) is 3.54. The molecule has 0 aliphatic rings. The van der Waals surface area contributed by atoms with Crippen molar-refractivity contribution in [3.05, 3.63) is 41.3 Å². The second kappa shape index (κ2) is 7.97. The summed E-state index contributed by atoms with van der Waals surface area (Å²) in [6.45, 7) is 0. The number of ether oxygens (including phenoxy) is 2. The van der Waals surface area contributed by atoms with Gasteiger partial charge in [-0.05, 0) is 34.7 Å². The summed E-state index contributed by atoms with van der Waals surface area (Å²) in [5.74, 6) is 1.07. The van der Waals surface area contributed by atoms with Crippen LogP contribution in [-0.2, 0) is 0 Å². The number of amides is 1. The zero-order valence-electron chi connectivity index (χ0n) is 15.3. The van der Waals surface area contributed by atoms with E-state index < -0.39 is 0 Å². The molecule has 0 radical (unpaired) electrons. The van der Waals surface area contributed by atoms with Crippen molar-refractivity contribution in [2.45, 2.75) is 9.79 Å². The number of hydrogen-bond donors (Lipinski definition) is 3. The standard InChI is InChI=1S/C18H15N5O4S2/c1-26-12-7-11-14(8-13(12)27-2)29-16(17(25)19-18-20-22-23-21-18)15(11)28-10-5-3-4-9(24)6-10/h3-8,24H,1-2H3,(H2,19,20,21,22,23,25). The Balaban J connectivity index is 1.84. The molecule has 148 valence electrons. The Morgan fingerprint density at radius 3 is 2.69 bits per heavy atom. The number of rotatable bonds is 6. The fourth-order valence-electron chi connectivity index (χ4n) is 2.69. The van der Waals surface area contributed by atoms with Crippen molar-refractivity contribution in [1.82, 2.24) is 20.6 Å². The lowest BCUT2D eigenvalue weighted by molar-refractivity contribution is 0.102. The lowest BCUT2D eigenvalue weighted by atomic mass is 10.2. The summed E-state index contributed by atoms with van der Waals surface area (Å²) in [6.07, 6.45) is 0. The number of anilines is 1. The molecule has 0 saturated heterocycles. The maximum atomic E-state index is 12.9. The third-order valence-electron chi connectivity index (χ3n) is 3.97. The number of nitrogens with one attached hydrogen (secondary N) is 2.